The van der Waals surface area contributed by atoms with Crippen molar-refractivity contribution in [3.63, 3.8) is 0 Å². The molecule has 1 aliphatic carbocycles. The number of ether oxygens (including phenoxy) is 3. The molecule has 0 aliphatic heterocycles. The third-order valence-corrected chi connectivity index (χ3v) is 10.5. The average molecular weight is 743 g/mol. The van der Waals surface area contributed by atoms with Gasteiger partial charge < -0.3 is 24.4 Å². The SMILES string of the molecule is C=C(C)C(=O)OCCCc1cc(-c2ccc(-c3ccc(C4CCC(C)CC4)cc3F)cc2CC)cc(CCCOC(=O)C(=C)C)c1OCCC(CO)CO. The van der Waals surface area contributed by atoms with E-state index in [1.54, 1.807) is 19.9 Å². The van der Waals surface area contributed by atoms with Gasteiger partial charge in [0, 0.05) is 35.8 Å². The number of aliphatic hydroxyl groups excluding tert-OH is 2. The average Bonchev–Trinajstić information content (AvgIpc) is 3.16. The van der Waals surface area contributed by atoms with Crippen LogP contribution < -0.4 is 4.74 Å². The molecule has 0 saturated heterocycles. The van der Waals surface area contributed by atoms with E-state index in [0.29, 0.717) is 60.5 Å². The van der Waals surface area contributed by atoms with Crippen LogP contribution in [-0.4, -0.2) is 55.2 Å². The van der Waals surface area contributed by atoms with Crippen LogP contribution in [0.15, 0.2) is 72.8 Å². The highest BCUT2D eigenvalue weighted by Gasteiger charge is 2.22. The first-order chi connectivity index (χ1) is 25.9. The monoisotopic (exact) mass is 742 g/mol. The highest BCUT2D eigenvalue weighted by molar-refractivity contribution is 5.87. The number of benzene rings is 3. The minimum atomic E-state index is -0.438. The normalized spacial score (nSPS) is 15.6. The number of halogens is 1. The van der Waals surface area contributed by atoms with Crippen LogP contribution in [-0.2, 0) is 38.3 Å². The Morgan fingerprint density at radius 2 is 1.33 bits per heavy atom. The Morgan fingerprint density at radius 1 is 0.778 bits per heavy atom. The molecule has 0 heterocycles. The second kappa shape index (κ2) is 21.0. The predicted octanol–water partition coefficient (Wildman–Crippen LogP) is 9.49. The van der Waals surface area contributed by atoms with E-state index in [-0.39, 0.29) is 44.8 Å². The molecule has 0 atom stereocenters. The molecule has 292 valence electrons. The van der Waals surface area contributed by atoms with Gasteiger partial charge in [0.2, 0.25) is 0 Å². The first-order valence-electron chi connectivity index (χ1n) is 19.5. The maximum absolute atomic E-state index is 15.7. The molecule has 0 aromatic heterocycles. The van der Waals surface area contributed by atoms with Crippen molar-refractivity contribution in [2.75, 3.05) is 33.0 Å². The summed E-state index contributed by atoms with van der Waals surface area (Å²) in [5.41, 5.74) is 8.08. The van der Waals surface area contributed by atoms with Gasteiger partial charge in [-0.2, -0.15) is 0 Å². The molecule has 1 fully saturated rings. The summed E-state index contributed by atoms with van der Waals surface area (Å²) in [6, 6.07) is 16.1. The molecular formula is C46H59FO7. The van der Waals surface area contributed by atoms with Crippen LogP contribution in [0.5, 0.6) is 5.75 Å². The van der Waals surface area contributed by atoms with Crippen molar-refractivity contribution in [3.8, 4) is 28.0 Å². The van der Waals surface area contributed by atoms with Gasteiger partial charge in [-0.25, -0.2) is 14.0 Å². The lowest BCUT2D eigenvalue weighted by Crippen LogP contribution is -2.16. The molecule has 1 saturated carbocycles. The molecule has 1 aliphatic rings. The summed E-state index contributed by atoms with van der Waals surface area (Å²) in [5, 5.41) is 19.3. The number of aliphatic hydroxyl groups is 2. The van der Waals surface area contributed by atoms with Crippen molar-refractivity contribution in [2.45, 2.75) is 97.8 Å². The lowest BCUT2D eigenvalue weighted by atomic mass is 9.79. The third kappa shape index (κ3) is 11.9. The second-order valence-electron chi connectivity index (χ2n) is 15.0. The summed E-state index contributed by atoms with van der Waals surface area (Å²) in [5.74, 6) is 0.462. The van der Waals surface area contributed by atoms with Gasteiger partial charge >= 0.3 is 11.9 Å². The molecule has 3 aromatic carbocycles. The molecule has 54 heavy (non-hydrogen) atoms. The Labute approximate surface area is 321 Å². The van der Waals surface area contributed by atoms with Gasteiger partial charge in [0.15, 0.2) is 0 Å². The summed E-state index contributed by atoms with van der Waals surface area (Å²) < 4.78 is 33.0. The first-order valence-corrected chi connectivity index (χ1v) is 19.5. The van der Waals surface area contributed by atoms with Crippen LogP contribution >= 0.6 is 0 Å². The molecule has 7 nitrogen and oxygen atoms in total. The molecule has 3 aromatic rings. The standard InChI is InChI=1S/C46H59FO7/c1-7-34-24-37(42-19-16-36(27-43(42)47)35-14-12-32(6)13-15-35)17-18-41(34)40-25-38(10-8-21-53-45(50)30(2)3)44(52-23-20-33(28-48)29-49)39(26-40)11-9-22-54-46(51)31(4)5/h16-19,24-27,32-33,35,48-49H,2,4,7-15,20-23,28-29H2,1,3,5-6H3. The maximum Gasteiger partial charge on any atom is 0.333 e. The van der Waals surface area contributed by atoms with Gasteiger partial charge in [-0.15, -0.1) is 0 Å². The zero-order valence-electron chi connectivity index (χ0n) is 32.7. The zero-order chi connectivity index (χ0) is 39.2. The van der Waals surface area contributed by atoms with Crippen LogP contribution in [0.1, 0.15) is 101 Å². The van der Waals surface area contributed by atoms with E-state index in [1.807, 2.05) is 12.1 Å². The van der Waals surface area contributed by atoms with Crippen molar-refractivity contribution >= 4 is 11.9 Å². The summed E-state index contributed by atoms with van der Waals surface area (Å²) in [6.45, 7) is 15.3. The fourth-order valence-corrected chi connectivity index (χ4v) is 7.08. The van der Waals surface area contributed by atoms with Crippen molar-refractivity contribution in [3.05, 3.63) is 101 Å². The first kappa shape index (κ1) is 42.5. The molecule has 8 heteroatoms. The number of hydrogen-bond acceptors (Lipinski definition) is 7. The smallest absolute Gasteiger partial charge is 0.333 e. The largest absolute Gasteiger partial charge is 0.493 e. The van der Waals surface area contributed by atoms with Crippen LogP contribution in [0.2, 0.25) is 0 Å². The summed E-state index contributed by atoms with van der Waals surface area (Å²) in [6.07, 6.45) is 7.94. The van der Waals surface area contributed by atoms with Crippen molar-refractivity contribution in [1.29, 1.82) is 0 Å². The Balaban J connectivity index is 1.70. The molecule has 0 bridgehead atoms. The number of carbonyl (C=O) groups is 2. The van der Waals surface area contributed by atoms with Crippen molar-refractivity contribution in [1.82, 2.24) is 0 Å². The van der Waals surface area contributed by atoms with Gasteiger partial charge in [-0.1, -0.05) is 70.2 Å². The molecule has 0 amide bonds. The Morgan fingerprint density at radius 3 is 1.85 bits per heavy atom. The number of rotatable bonds is 20. The molecule has 0 radical (unpaired) electrons. The fourth-order valence-electron chi connectivity index (χ4n) is 7.08. The number of hydrogen-bond donors (Lipinski definition) is 2. The van der Waals surface area contributed by atoms with Crippen LogP contribution in [0.4, 0.5) is 4.39 Å². The van der Waals surface area contributed by atoms with E-state index in [4.69, 9.17) is 14.2 Å². The van der Waals surface area contributed by atoms with Gasteiger partial charge in [-0.05, 0) is 134 Å². The quantitative estimate of drug-likeness (QED) is 0.0676. The molecule has 4 rings (SSSR count). The van der Waals surface area contributed by atoms with Gasteiger partial charge in [0.05, 0.1) is 19.8 Å². The highest BCUT2D eigenvalue weighted by atomic mass is 19.1. The van der Waals surface area contributed by atoms with Crippen LogP contribution in [0.25, 0.3) is 22.3 Å². The molecule has 0 unspecified atom stereocenters. The van der Waals surface area contributed by atoms with Crippen LogP contribution in [0.3, 0.4) is 0 Å². The maximum atomic E-state index is 15.7. The van der Waals surface area contributed by atoms with Gasteiger partial charge in [0.1, 0.15) is 11.6 Å². The minimum Gasteiger partial charge on any atom is -0.493 e. The molecule has 2 N–H and O–H groups in total. The Kier molecular flexibility index (Phi) is 16.5. The number of aryl methyl sites for hydroxylation is 3. The third-order valence-electron chi connectivity index (χ3n) is 10.5. The number of esters is 2. The molecule has 0 spiro atoms. The van der Waals surface area contributed by atoms with E-state index in [2.05, 4.69) is 57.3 Å². The second-order valence-corrected chi connectivity index (χ2v) is 15.0. The van der Waals surface area contributed by atoms with E-state index < -0.39 is 11.9 Å². The lowest BCUT2D eigenvalue weighted by Gasteiger charge is -2.26. The van der Waals surface area contributed by atoms with Crippen LogP contribution in [0, 0.1) is 17.7 Å². The Hall–Kier alpha value is -4.27. The fraction of sp³-hybridized carbons (Fsp3) is 0.478. The summed E-state index contributed by atoms with van der Waals surface area (Å²) in [7, 11) is 0. The van der Waals surface area contributed by atoms with E-state index in [0.717, 1.165) is 64.1 Å². The minimum absolute atomic E-state index is 0.148. The van der Waals surface area contributed by atoms with E-state index in [1.165, 1.54) is 12.8 Å². The molecular weight excluding hydrogens is 683 g/mol. The topological polar surface area (TPSA) is 102 Å². The highest BCUT2D eigenvalue weighted by Crippen LogP contribution is 2.39. The van der Waals surface area contributed by atoms with Gasteiger partial charge in [-0.3, -0.25) is 0 Å². The van der Waals surface area contributed by atoms with Crippen molar-refractivity contribution < 1.29 is 38.4 Å². The van der Waals surface area contributed by atoms with Crippen molar-refractivity contribution in [2.24, 2.45) is 11.8 Å². The Bertz CT molecular complexity index is 1690. The van der Waals surface area contributed by atoms with E-state index in [9.17, 15) is 19.8 Å². The van der Waals surface area contributed by atoms with Gasteiger partial charge in [0.25, 0.3) is 0 Å². The lowest BCUT2D eigenvalue weighted by molar-refractivity contribution is -0.139. The summed E-state index contributed by atoms with van der Waals surface area (Å²) >= 11 is 0. The summed E-state index contributed by atoms with van der Waals surface area (Å²) in [4.78, 5) is 24.2. The predicted molar refractivity (Wildman–Crippen MR) is 213 cm³/mol. The number of carbonyl (C=O) groups excluding carboxylic acids is 2. The van der Waals surface area contributed by atoms with E-state index >= 15 is 4.39 Å². The zero-order valence-corrected chi connectivity index (χ0v) is 32.7.